The van der Waals surface area contributed by atoms with Crippen LogP contribution in [0.1, 0.15) is 16.2 Å². The molecule has 2 N–H and O–H groups in total. The lowest BCUT2D eigenvalue weighted by molar-refractivity contribution is 0.0590. The van der Waals surface area contributed by atoms with E-state index < -0.39 is 16.0 Å². The zero-order valence-electron chi connectivity index (χ0n) is 16.6. The molecular formula is C21H18N4O4S2. The first-order valence-electron chi connectivity index (χ1n) is 9.13. The van der Waals surface area contributed by atoms with Gasteiger partial charge in [-0.05, 0) is 31.2 Å². The highest BCUT2D eigenvalue weighted by molar-refractivity contribution is 7.89. The number of rotatable bonds is 5. The first kappa shape index (κ1) is 20.9. The second-order valence-corrected chi connectivity index (χ2v) is 9.22. The molecule has 158 valence electrons. The lowest BCUT2D eigenvalue weighted by Gasteiger charge is -2.06. The number of aromatic nitrogens is 3. The van der Waals surface area contributed by atoms with Gasteiger partial charge in [0.25, 0.3) is 0 Å². The van der Waals surface area contributed by atoms with Crippen LogP contribution in [0.5, 0.6) is 0 Å². The molecule has 0 atom stereocenters. The number of esters is 1. The number of nitrogens with zero attached hydrogens (tertiary/aromatic N) is 3. The first-order valence-corrected chi connectivity index (χ1v) is 11.5. The zero-order chi connectivity index (χ0) is 22.2. The molecule has 2 aromatic heterocycles. The molecule has 0 saturated carbocycles. The molecule has 0 unspecified atom stereocenters. The Labute approximate surface area is 183 Å². The summed E-state index contributed by atoms with van der Waals surface area (Å²) in [5, 5.41) is 10.6. The van der Waals surface area contributed by atoms with E-state index in [1.54, 1.807) is 6.07 Å². The fraction of sp³-hybridized carbons (Fsp3) is 0.0952. The van der Waals surface area contributed by atoms with Crippen LogP contribution in [0, 0.1) is 6.92 Å². The predicted molar refractivity (Wildman–Crippen MR) is 118 cm³/mol. The van der Waals surface area contributed by atoms with Gasteiger partial charge in [0.15, 0.2) is 5.69 Å². The number of hydrogen-bond donors (Lipinski definition) is 1. The molecule has 0 saturated heterocycles. The van der Waals surface area contributed by atoms with Gasteiger partial charge in [-0.1, -0.05) is 30.3 Å². The smallest absolute Gasteiger partial charge is 0.356 e. The topological polar surface area (TPSA) is 117 Å². The van der Waals surface area contributed by atoms with Crippen LogP contribution in [0.3, 0.4) is 0 Å². The van der Waals surface area contributed by atoms with Crippen molar-refractivity contribution in [2.75, 3.05) is 7.11 Å². The van der Waals surface area contributed by atoms with Crippen molar-refractivity contribution in [1.29, 1.82) is 0 Å². The number of carbonyl (C=O) groups excluding carboxylic acids is 1. The number of methoxy groups -OCH3 is 1. The average Bonchev–Trinajstić information content (AvgIpc) is 3.37. The van der Waals surface area contributed by atoms with Crippen molar-refractivity contribution in [3.05, 3.63) is 72.1 Å². The van der Waals surface area contributed by atoms with Gasteiger partial charge in [-0.15, -0.1) is 11.3 Å². The van der Waals surface area contributed by atoms with Gasteiger partial charge in [-0.2, -0.15) is 5.10 Å². The number of nitrogens with two attached hydrogens (primary N) is 1. The molecule has 0 bridgehead atoms. The Morgan fingerprint density at radius 1 is 1.10 bits per heavy atom. The van der Waals surface area contributed by atoms with Crippen molar-refractivity contribution < 1.29 is 17.9 Å². The van der Waals surface area contributed by atoms with Crippen LogP contribution in [-0.4, -0.2) is 36.3 Å². The molecule has 2 aromatic carbocycles. The van der Waals surface area contributed by atoms with Crippen LogP contribution in [-0.2, 0) is 14.8 Å². The number of ether oxygens (including phenoxy) is 1. The molecular weight excluding hydrogens is 436 g/mol. The normalized spacial score (nSPS) is 11.5. The van der Waals surface area contributed by atoms with Crippen molar-refractivity contribution in [3.63, 3.8) is 0 Å². The van der Waals surface area contributed by atoms with Crippen LogP contribution >= 0.6 is 11.3 Å². The summed E-state index contributed by atoms with van der Waals surface area (Å²) in [6, 6.07) is 17.2. The Hall–Kier alpha value is -3.34. The van der Waals surface area contributed by atoms with E-state index in [0.717, 1.165) is 21.1 Å². The van der Waals surface area contributed by atoms with E-state index in [1.165, 1.54) is 47.4 Å². The van der Waals surface area contributed by atoms with Gasteiger partial charge in [-0.25, -0.2) is 28.0 Å². The summed E-state index contributed by atoms with van der Waals surface area (Å²) in [6.45, 7) is 1.88. The summed E-state index contributed by atoms with van der Waals surface area (Å²) in [6.07, 6.45) is 0. The van der Waals surface area contributed by atoms with Gasteiger partial charge in [0, 0.05) is 11.6 Å². The minimum absolute atomic E-state index is 0.0333. The standard InChI is InChI=1S/C21H18N4O4S2/c1-13-19(30-20(23-13)14-6-4-3-5-7-14)17-12-18(21(26)29-2)25(24-17)15-8-10-16(11-9-15)31(22,27)28/h3-12H,1-2H3,(H2,22,27,28). The Balaban J connectivity index is 1.80. The molecule has 0 spiro atoms. The summed E-state index contributed by atoms with van der Waals surface area (Å²) in [7, 11) is -2.54. The summed E-state index contributed by atoms with van der Waals surface area (Å²) in [5.74, 6) is -0.570. The van der Waals surface area contributed by atoms with Crippen molar-refractivity contribution in [3.8, 4) is 26.8 Å². The molecule has 0 fully saturated rings. The van der Waals surface area contributed by atoms with Gasteiger partial charge in [0.05, 0.1) is 28.3 Å². The Morgan fingerprint density at radius 2 is 1.77 bits per heavy atom. The highest BCUT2D eigenvalue weighted by Gasteiger charge is 2.21. The van der Waals surface area contributed by atoms with Gasteiger partial charge in [-0.3, -0.25) is 0 Å². The lowest BCUT2D eigenvalue weighted by atomic mass is 10.2. The molecule has 8 nitrogen and oxygen atoms in total. The van der Waals surface area contributed by atoms with E-state index in [9.17, 15) is 13.2 Å². The molecule has 4 rings (SSSR count). The molecule has 0 radical (unpaired) electrons. The highest BCUT2D eigenvalue weighted by atomic mass is 32.2. The van der Waals surface area contributed by atoms with Gasteiger partial charge < -0.3 is 4.74 Å². The second kappa shape index (κ2) is 8.06. The number of primary sulfonamides is 1. The molecule has 0 aliphatic carbocycles. The van der Waals surface area contributed by atoms with Crippen molar-refractivity contribution in [2.24, 2.45) is 5.14 Å². The van der Waals surface area contributed by atoms with E-state index in [4.69, 9.17) is 9.88 Å². The number of aryl methyl sites for hydroxylation is 1. The Bertz CT molecular complexity index is 1360. The van der Waals surface area contributed by atoms with Crippen molar-refractivity contribution in [2.45, 2.75) is 11.8 Å². The third-order valence-electron chi connectivity index (χ3n) is 4.56. The van der Waals surface area contributed by atoms with Crippen molar-refractivity contribution >= 4 is 27.3 Å². The fourth-order valence-corrected chi connectivity index (χ4v) is 4.60. The van der Waals surface area contributed by atoms with E-state index in [2.05, 4.69) is 10.1 Å². The Morgan fingerprint density at radius 3 is 2.39 bits per heavy atom. The third-order valence-corrected chi connectivity index (χ3v) is 6.72. The van der Waals surface area contributed by atoms with E-state index >= 15 is 0 Å². The molecule has 0 amide bonds. The van der Waals surface area contributed by atoms with Gasteiger partial charge in [0.2, 0.25) is 10.0 Å². The molecule has 31 heavy (non-hydrogen) atoms. The average molecular weight is 455 g/mol. The number of carbonyl (C=O) groups is 1. The maximum atomic E-state index is 12.4. The number of hydrogen-bond acceptors (Lipinski definition) is 7. The monoisotopic (exact) mass is 454 g/mol. The third kappa shape index (κ3) is 4.13. The van der Waals surface area contributed by atoms with Gasteiger partial charge >= 0.3 is 5.97 Å². The van der Waals surface area contributed by atoms with Crippen LogP contribution < -0.4 is 5.14 Å². The summed E-state index contributed by atoms with van der Waals surface area (Å²) < 4.78 is 29.4. The maximum absolute atomic E-state index is 12.4. The minimum Gasteiger partial charge on any atom is -0.464 e. The predicted octanol–water partition coefficient (Wildman–Crippen LogP) is 3.41. The van der Waals surface area contributed by atoms with Crippen LogP contribution in [0.2, 0.25) is 0 Å². The quantitative estimate of drug-likeness (QED) is 0.462. The van der Waals surface area contributed by atoms with Gasteiger partial charge in [0.1, 0.15) is 10.7 Å². The summed E-state index contributed by atoms with van der Waals surface area (Å²) in [5.41, 5.74) is 3.04. The van der Waals surface area contributed by atoms with Crippen molar-refractivity contribution in [1.82, 2.24) is 14.8 Å². The minimum atomic E-state index is -3.83. The number of sulfonamides is 1. The second-order valence-electron chi connectivity index (χ2n) is 6.66. The number of thiazole rings is 1. The molecule has 0 aliphatic rings. The lowest BCUT2D eigenvalue weighted by Crippen LogP contribution is -2.13. The zero-order valence-corrected chi connectivity index (χ0v) is 18.3. The molecule has 0 aliphatic heterocycles. The molecule has 4 aromatic rings. The van der Waals surface area contributed by atoms with Crippen LogP contribution in [0.4, 0.5) is 0 Å². The van der Waals surface area contributed by atoms with E-state index in [1.807, 2.05) is 37.3 Å². The summed E-state index contributed by atoms with van der Waals surface area (Å²) >= 11 is 1.47. The van der Waals surface area contributed by atoms with Crippen LogP contribution in [0.25, 0.3) is 26.8 Å². The molecule has 10 heteroatoms. The largest absolute Gasteiger partial charge is 0.464 e. The SMILES string of the molecule is COC(=O)c1cc(-c2sc(-c3ccccc3)nc2C)nn1-c1ccc(S(N)(=O)=O)cc1. The van der Waals surface area contributed by atoms with Crippen LogP contribution in [0.15, 0.2) is 65.6 Å². The first-order chi connectivity index (χ1) is 14.8. The summed E-state index contributed by atoms with van der Waals surface area (Å²) in [4.78, 5) is 17.8. The number of benzene rings is 2. The van der Waals surface area contributed by atoms with E-state index in [-0.39, 0.29) is 10.6 Å². The fourth-order valence-electron chi connectivity index (χ4n) is 3.05. The molecule has 2 heterocycles. The Kier molecular flexibility index (Phi) is 5.44. The highest BCUT2D eigenvalue weighted by Crippen LogP contribution is 2.35. The van der Waals surface area contributed by atoms with E-state index in [0.29, 0.717) is 11.4 Å². The maximum Gasteiger partial charge on any atom is 0.356 e.